The molecule has 0 aliphatic heterocycles. The topological polar surface area (TPSA) is 81.7 Å². The third-order valence-corrected chi connectivity index (χ3v) is 1.37. The number of hydrogen-bond donors (Lipinski definition) is 3. The average Bonchev–Trinajstić information content (AvgIpc) is 1.98. The molecule has 6 nitrogen and oxygen atoms in total. The summed E-state index contributed by atoms with van der Waals surface area (Å²) in [7, 11) is 1.71. The molecule has 0 bridgehead atoms. The fourth-order valence-corrected chi connectivity index (χ4v) is 0.958. The number of nitrogens with zero attached hydrogens (tertiary/aromatic N) is 1. The Balaban J connectivity index is 3.65. The van der Waals surface area contributed by atoms with E-state index in [-0.39, 0.29) is 18.4 Å². The van der Waals surface area contributed by atoms with Crippen molar-refractivity contribution in [2.75, 3.05) is 20.1 Å². The summed E-state index contributed by atoms with van der Waals surface area (Å²) in [6, 6.07) is 0. The summed E-state index contributed by atoms with van der Waals surface area (Å²) in [5.41, 5.74) is 4.40. The minimum atomic E-state index is -0.478. The fraction of sp³-hybridized carbons (Fsp3) is 0.750. The molecule has 0 saturated carbocycles. The number of rotatable bonds is 4. The van der Waals surface area contributed by atoms with Crippen LogP contribution >= 0.6 is 0 Å². The molecule has 2 amide bonds. The second-order valence-electron chi connectivity index (χ2n) is 3.28. The number of carbonyl (C=O) groups excluding carboxylic acids is 2. The van der Waals surface area contributed by atoms with Crippen LogP contribution in [0.4, 0.5) is 0 Å². The monoisotopic (exact) mass is 203 g/mol. The van der Waals surface area contributed by atoms with Crippen LogP contribution in [0.2, 0.25) is 0 Å². The van der Waals surface area contributed by atoms with Crippen LogP contribution in [0.5, 0.6) is 0 Å². The van der Waals surface area contributed by atoms with Crippen molar-refractivity contribution in [2.24, 2.45) is 0 Å². The minimum absolute atomic E-state index is 0.130. The summed E-state index contributed by atoms with van der Waals surface area (Å²) < 4.78 is 0. The highest BCUT2D eigenvalue weighted by Gasteiger charge is 2.08. The van der Waals surface area contributed by atoms with Gasteiger partial charge < -0.3 is 5.11 Å². The Hall–Kier alpha value is -1.14. The molecule has 3 N–H and O–H groups in total. The zero-order valence-corrected chi connectivity index (χ0v) is 8.70. The number of likely N-dealkylation sites (N-methyl/N-ethyl adjacent to an activating group) is 1. The minimum Gasteiger partial charge on any atom is -0.392 e. The van der Waals surface area contributed by atoms with Crippen LogP contribution in [0.3, 0.4) is 0 Å². The number of hydrogen-bond acceptors (Lipinski definition) is 4. The fourth-order valence-electron chi connectivity index (χ4n) is 0.958. The Kier molecular flexibility index (Phi) is 5.82. The second-order valence-corrected chi connectivity index (χ2v) is 3.28. The first-order valence-electron chi connectivity index (χ1n) is 4.34. The Labute approximate surface area is 83.2 Å². The van der Waals surface area contributed by atoms with Gasteiger partial charge in [-0.05, 0) is 14.0 Å². The Morgan fingerprint density at radius 3 is 2.43 bits per heavy atom. The van der Waals surface area contributed by atoms with Crippen molar-refractivity contribution in [3.8, 4) is 0 Å². The van der Waals surface area contributed by atoms with Crippen molar-refractivity contribution in [3.63, 3.8) is 0 Å². The molecule has 82 valence electrons. The molecule has 14 heavy (non-hydrogen) atoms. The Bertz CT molecular complexity index is 206. The maximum Gasteiger partial charge on any atom is 0.252 e. The lowest BCUT2D eigenvalue weighted by atomic mass is 10.4. The van der Waals surface area contributed by atoms with E-state index in [0.29, 0.717) is 6.54 Å². The number of amides is 2. The first-order valence-corrected chi connectivity index (χ1v) is 4.34. The van der Waals surface area contributed by atoms with Crippen molar-refractivity contribution in [1.82, 2.24) is 15.8 Å². The maximum atomic E-state index is 11.1. The molecule has 1 unspecified atom stereocenters. The van der Waals surface area contributed by atoms with Gasteiger partial charge in [0.15, 0.2) is 0 Å². The van der Waals surface area contributed by atoms with Gasteiger partial charge in [0.1, 0.15) is 0 Å². The van der Waals surface area contributed by atoms with Gasteiger partial charge in [0.25, 0.3) is 5.91 Å². The molecule has 0 spiro atoms. The highest BCUT2D eigenvalue weighted by atomic mass is 16.3. The molecule has 6 heteroatoms. The third kappa shape index (κ3) is 7.51. The molecule has 0 aliphatic rings. The summed E-state index contributed by atoms with van der Waals surface area (Å²) >= 11 is 0. The summed E-state index contributed by atoms with van der Waals surface area (Å²) in [6.07, 6.45) is -0.478. The highest BCUT2D eigenvalue weighted by Crippen LogP contribution is 1.86. The lowest BCUT2D eigenvalue weighted by Crippen LogP contribution is -2.45. The largest absolute Gasteiger partial charge is 0.392 e. The molecule has 0 heterocycles. The van der Waals surface area contributed by atoms with Crippen LogP contribution < -0.4 is 10.9 Å². The van der Waals surface area contributed by atoms with Crippen molar-refractivity contribution < 1.29 is 14.7 Å². The number of carbonyl (C=O) groups is 2. The molecule has 0 rings (SSSR count). The number of nitrogens with one attached hydrogen (secondary N) is 2. The lowest BCUT2D eigenvalue weighted by Gasteiger charge is -2.17. The molecule has 0 fully saturated rings. The number of hydrazine groups is 1. The molecule has 0 radical (unpaired) electrons. The van der Waals surface area contributed by atoms with Crippen molar-refractivity contribution in [3.05, 3.63) is 0 Å². The summed E-state index contributed by atoms with van der Waals surface area (Å²) in [5, 5.41) is 9.01. The van der Waals surface area contributed by atoms with E-state index in [1.54, 1.807) is 18.9 Å². The van der Waals surface area contributed by atoms with Gasteiger partial charge >= 0.3 is 0 Å². The first-order chi connectivity index (χ1) is 6.41. The SMILES string of the molecule is CC(=O)NNC(=O)CN(C)CC(C)O. The van der Waals surface area contributed by atoms with Crippen molar-refractivity contribution in [1.29, 1.82) is 0 Å². The zero-order valence-electron chi connectivity index (χ0n) is 8.70. The molecule has 0 aromatic heterocycles. The number of aliphatic hydroxyl groups is 1. The van der Waals surface area contributed by atoms with Crippen LogP contribution in [0, 0.1) is 0 Å². The molecule has 0 aromatic rings. The first kappa shape index (κ1) is 12.9. The smallest absolute Gasteiger partial charge is 0.252 e. The Morgan fingerprint density at radius 2 is 2.00 bits per heavy atom. The predicted octanol–water partition coefficient (Wildman–Crippen LogP) is -1.53. The molecular formula is C8H17N3O3. The van der Waals surface area contributed by atoms with Crippen molar-refractivity contribution >= 4 is 11.8 Å². The van der Waals surface area contributed by atoms with Gasteiger partial charge in [-0.2, -0.15) is 0 Å². The Morgan fingerprint density at radius 1 is 1.43 bits per heavy atom. The summed E-state index contributed by atoms with van der Waals surface area (Å²) in [4.78, 5) is 23.2. The molecule has 1 atom stereocenters. The highest BCUT2D eigenvalue weighted by molar-refractivity contribution is 5.81. The number of aliphatic hydroxyl groups excluding tert-OH is 1. The average molecular weight is 203 g/mol. The lowest BCUT2D eigenvalue weighted by molar-refractivity contribution is -0.128. The van der Waals surface area contributed by atoms with E-state index >= 15 is 0 Å². The van der Waals surface area contributed by atoms with Gasteiger partial charge in [-0.25, -0.2) is 0 Å². The normalized spacial score (nSPS) is 12.4. The van der Waals surface area contributed by atoms with Crippen LogP contribution in [0.25, 0.3) is 0 Å². The zero-order chi connectivity index (χ0) is 11.1. The molecule has 0 aliphatic carbocycles. The van der Waals surface area contributed by atoms with E-state index < -0.39 is 6.10 Å². The van der Waals surface area contributed by atoms with Crippen LogP contribution in [-0.4, -0.2) is 48.1 Å². The molecular weight excluding hydrogens is 186 g/mol. The van der Waals surface area contributed by atoms with Gasteiger partial charge in [0.2, 0.25) is 5.91 Å². The third-order valence-electron chi connectivity index (χ3n) is 1.37. The summed E-state index contributed by atoms with van der Waals surface area (Å²) in [5.74, 6) is -0.639. The van der Waals surface area contributed by atoms with Crippen molar-refractivity contribution in [2.45, 2.75) is 20.0 Å². The van der Waals surface area contributed by atoms with Gasteiger partial charge in [-0.15, -0.1) is 0 Å². The predicted molar refractivity (Wildman–Crippen MR) is 51.1 cm³/mol. The van der Waals surface area contributed by atoms with E-state index in [1.807, 2.05) is 0 Å². The van der Waals surface area contributed by atoms with E-state index in [9.17, 15) is 9.59 Å². The van der Waals surface area contributed by atoms with Gasteiger partial charge in [0, 0.05) is 13.5 Å². The van der Waals surface area contributed by atoms with Gasteiger partial charge in [0.05, 0.1) is 12.6 Å². The van der Waals surface area contributed by atoms with Gasteiger partial charge in [-0.3, -0.25) is 25.3 Å². The molecule has 0 saturated heterocycles. The quantitative estimate of drug-likeness (QED) is 0.484. The molecule has 0 aromatic carbocycles. The van der Waals surface area contributed by atoms with Crippen LogP contribution in [0.1, 0.15) is 13.8 Å². The van der Waals surface area contributed by atoms with E-state index in [1.165, 1.54) is 6.92 Å². The van der Waals surface area contributed by atoms with Gasteiger partial charge in [-0.1, -0.05) is 0 Å². The van der Waals surface area contributed by atoms with Crippen LogP contribution in [-0.2, 0) is 9.59 Å². The van der Waals surface area contributed by atoms with E-state index in [0.717, 1.165) is 0 Å². The second kappa shape index (κ2) is 6.33. The standard InChI is InChI=1S/C8H17N3O3/c1-6(12)4-11(3)5-8(14)10-9-7(2)13/h6,12H,4-5H2,1-3H3,(H,9,13)(H,10,14). The van der Waals surface area contributed by atoms with Crippen LogP contribution in [0.15, 0.2) is 0 Å². The maximum absolute atomic E-state index is 11.1. The summed E-state index contributed by atoms with van der Waals surface area (Å²) in [6.45, 7) is 3.49. The van der Waals surface area contributed by atoms with E-state index in [4.69, 9.17) is 5.11 Å². The van der Waals surface area contributed by atoms with E-state index in [2.05, 4.69) is 10.9 Å².